The zero-order chi connectivity index (χ0) is 11.6. The summed E-state index contributed by atoms with van der Waals surface area (Å²) < 4.78 is 10.2. The van der Waals surface area contributed by atoms with Crippen LogP contribution in [-0.2, 0) is 5.41 Å². The highest BCUT2D eigenvalue weighted by Crippen LogP contribution is 2.42. The predicted molar refractivity (Wildman–Crippen MR) is 56.3 cm³/mol. The van der Waals surface area contributed by atoms with Crippen LogP contribution in [0.25, 0.3) is 0 Å². The van der Waals surface area contributed by atoms with Crippen molar-refractivity contribution in [3.63, 3.8) is 0 Å². The molecule has 1 aromatic heterocycles. The number of hydrogen-bond donors (Lipinski definition) is 0. The van der Waals surface area contributed by atoms with Gasteiger partial charge in [0.15, 0.2) is 11.6 Å². The summed E-state index contributed by atoms with van der Waals surface area (Å²) in [5.74, 6) is 1.41. The molecule has 0 spiro atoms. The normalized spacial score (nSPS) is 17.1. The minimum absolute atomic E-state index is 0.383. The second kappa shape index (κ2) is 3.97. The Bertz CT molecular complexity index is 435. The molecule has 2 rings (SSSR count). The Morgan fingerprint density at radius 1 is 1.38 bits per heavy atom. The van der Waals surface area contributed by atoms with Crippen LogP contribution in [0.1, 0.15) is 25.1 Å². The number of methoxy groups -OCH3 is 2. The molecule has 0 N–H and O–H groups in total. The van der Waals surface area contributed by atoms with Crippen LogP contribution in [0.4, 0.5) is 0 Å². The molecule has 0 atom stereocenters. The van der Waals surface area contributed by atoms with Crippen LogP contribution >= 0.6 is 0 Å². The second-order valence-corrected chi connectivity index (χ2v) is 3.82. The number of hydrogen-bond acceptors (Lipinski definition) is 5. The molecule has 0 aliphatic heterocycles. The molecule has 0 unspecified atom stereocenters. The molecular formula is C11H13N3O2. The molecule has 1 saturated carbocycles. The summed E-state index contributed by atoms with van der Waals surface area (Å²) in [5.41, 5.74) is -0.514. The summed E-state index contributed by atoms with van der Waals surface area (Å²) in [4.78, 5) is 8.43. The van der Waals surface area contributed by atoms with Gasteiger partial charge in [-0.25, -0.2) is 4.98 Å². The van der Waals surface area contributed by atoms with Gasteiger partial charge >= 0.3 is 0 Å². The van der Waals surface area contributed by atoms with Gasteiger partial charge in [-0.05, 0) is 19.3 Å². The first-order chi connectivity index (χ1) is 7.75. The van der Waals surface area contributed by atoms with Crippen LogP contribution in [0.3, 0.4) is 0 Å². The van der Waals surface area contributed by atoms with Crippen molar-refractivity contribution >= 4 is 0 Å². The van der Waals surface area contributed by atoms with Crippen LogP contribution < -0.4 is 9.47 Å². The van der Waals surface area contributed by atoms with E-state index in [-0.39, 0.29) is 0 Å². The third-order valence-corrected chi connectivity index (χ3v) is 2.98. The number of rotatable bonds is 3. The summed E-state index contributed by atoms with van der Waals surface area (Å²) in [6.45, 7) is 0. The van der Waals surface area contributed by atoms with E-state index in [1.165, 1.54) is 14.2 Å². The third-order valence-electron chi connectivity index (χ3n) is 2.98. The van der Waals surface area contributed by atoms with Gasteiger partial charge in [0.2, 0.25) is 0 Å². The van der Waals surface area contributed by atoms with Crippen molar-refractivity contribution in [1.82, 2.24) is 9.97 Å². The quantitative estimate of drug-likeness (QED) is 0.769. The van der Waals surface area contributed by atoms with Crippen molar-refractivity contribution in [1.29, 1.82) is 5.26 Å². The molecule has 0 amide bonds. The molecule has 0 aromatic carbocycles. The number of nitrogens with zero attached hydrogens (tertiary/aromatic N) is 3. The van der Waals surface area contributed by atoms with Crippen LogP contribution in [-0.4, -0.2) is 24.2 Å². The lowest BCUT2D eigenvalue weighted by Crippen LogP contribution is -2.34. The molecular weight excluding hydrogens is 206 g/mol. The van der Waals surface area contributed by atoms with Gasteiger partial charge < -0.3 is 9.47 Å². The van der Waals surface area contributed by atoms with Crippen molar-refractivity contribution < 1.29 is 9.47 Å². The number of ether oxygens (including phenoxy) is 2. The van der Waals surface area contributed by atoms with Crippen molar-refractivity contribution in [3.8, 4) is 17.7 Å². The van der Waals surface area contributed by atoms with Gasteiger partial charge in [-0.2, -0.15) is 10.2 Å². The minimum atomic E-state index is -0.514. The maximum Gasteiger partial charge on any atom is 0.260 e. The Kier molecular flexibility index (Phi) is 2.65. The molecule has 5 nitrogen and oxygen atoms in total. The fourth-order valence-corrected chi connectivity index (χ4v) is 1.79. The van der Waals surface area contributed by atoms with Crippen LogP contribution in [0.5, 0.6) is 11.6 Å². The van der Waals surface area contributed by atoms with Crippen molar-refractivity contribution in [2.24, 2.45) is 0 Å². The Balaban J connectivity index is 2.40. The highest BCUT2D eigenvalue weighted by Gasteiger charge is 2.42. The maximum absolute atomic E-state index is 9.18. The summed E-state index contributed by atoms with van der Waals surface area (Å²) >= 11 is 0. The van der Waals surface area contributed by atoms with Crippen molar-refractivity contribution in [2.45, 2.75) is 24.7 Å². The van der Waals surface area contributed by atoms with Gasteiger partial charge in [-0.3, -0.25) is 0 Å². The highest BCUT2D eigenvalue weighted by molar-refractivity contribution is 5.34. The van der Waals surface area contributed by atoms with E-state index in [9.17, 15) is 5.26 Å². The van der Waals surface area contributed by atoms with E-state index in [4.69, 9.17) is 9.47 Å². The molecule has 1 aromatic rings. The van der Waals surface area contributed by atoms with Crippen LogP contribution in [0.2, 0.25) is 0 Å². The molecule has 1 aliphatic rings. The summed E-state index contributed by atoms with van der Waals surface area (Å²) in [6.07, 6.45) is 4.24. The smallest absolute Gasteiger partial charge is 0.260 e. The zero-order valence-electron chi connectivity index (χ0n) is 9.36. The SMILES string of the molecule is COc1cnc(C2(C#N)CCC2)nc1OC. The lowest BCUT2D eigenvalue weighted by molar-refractivity contribution is 0.292. The number of aromatic nitrogens is 2. The molecule has 0 saturated heterocycles. The molecule has 84 valence electrons. The van der Waals surface area contributed by atoms with E-state index >= 15 is 0 Å². The Morgan fingerprint density at radius 2 is 2.12 bits per heavy atom. The predicted octanol–water partition coefficient (Wildman–Crippen LogP) is 1.44. The van der Waals surface area contributed by atoms with Gasteiger partial charge in [0, 0.05) is 0 Å². The number of nitriles is 1. The first-order valence-corrected chi connectivity index (χ1v) is 5.12. The van der Waals surface area contributed by atoms with Crippen LogP contribution in [0.15, 0.2) is 6.20 Å². The molecule has 5 heteroatoms. The fourth-order valence-electron chi connectivity index (χ4n) is 1.79. The molecule has 16 heavy (non-hydrogen) atoms. The summed E-state index contributed by atoms with van der Waals surface area (Å²) in [5, 5.41) is 9.18. The Labute approximate surface area is 94.0 Å². The van der Waals surface area contributed by atoms with Crippen LogP contribution in [0, 0.1) is 11.3 Å². The largest absolute Gasteiger partial charge is 0.490 e. The van der Waals surface area contributed by atoms with E-state index in [1.54, 1.807) is 6.20 Å². The van der Waals surface area contributed by atoms with Gasteiger partial charge in [-0.15, -0.1) is 0 Å². The van der Waals surface area contributed by atoms with E-state index < -0.39 is 5.41 Å². The van der Waals surface area contributed by atoms with Crippen molar-refractivity contribution in [2.75, 3.05) is 14.2 Å². The monoisotopic (exact) mass is 219 g/mol. The highest BCUT2D eigenvalue weighted by atomic mass is 16.5. The molecule has 1 fully saturated rings. The molecule has 0 bridgehead atoms. The van der Waals surface area contributed by atoms with Gasteiger partial charge in [-0.1, -0.05) is 0 Å². The lowest BCUT2D eigenvalue weighted by atomic mass is 9.69. The lowest BCUT2D eigenvalue weighted by Gasteiger charge is -2.33. The van der Waals surface area contributed by atoms with Gasteiger partial charge in [0.25, 0.3) is 5.88 Å². The van der Waals surface area contributed by atoms with E-state index in [0.29, 0.717) is 17.5 Å². The van der Waals surface area contributed by atoms with Gasteiger partial charge in [0.1, 0.15) is 5.41 Å². The fraction of sp³-hybridized carbons (Fsp3) is 0.545. The standard InChI is InChI=1S/C11H13N3O2/c1-15-8-6-13-10(14-9(8)16-2)11(7-12)4-3-5-11/h6H,3-5H2,1-2H3. The Morgan fingerprint density at radius 3 is 2.56 bits per heavy atom. The molecule has 1 heterocycles. The molecule has 1 aliphatic carbocycles. The third kappa shape index (κ3) is 1.47. The first kappa shape index (κ1) is 10.7. The average Bonchev–Trinajstić information content (AvgIpc) is 2.28. The second-order valence-electron chi connectivity index (χ2n) is 3.82. The topological polar surface area (TPSA) is 68.0 Å². The summed E-state index contributed by atoms with van der Waals surface area (Å²) in [6, 6.07) is 2.30. The zero-order valence-corrected chi connectivity index (χ0v) is 9.36. The van der Waals surface area contributed by atoms with E-state index in [0.717, 1.165) is 19.3 Å². The van der Waals surface area contributed by atoms with E-state index in [2.05, 4.69) is 16.0 Å². The van der Waals surface area contributed by atoms with E-state index in [1.807, 2.05) is 0 Å². The minimum Gasteiger partial charge on any atom is -0.490 e. The summed E-state index contributed by atoms with van der Waals surface area (Å²) in [7, 11) is 3.05. The average molecular weight is 219 g/mol. The van der Waals surface area contributed by atoms with Gasteiger partial charge in [0.05, 0.1) is 26.5 Å². The molecule has 0 radical (unpaired) electrons. The Hall–Kier alpha value is -1.83. The van der Waals surface area contributed by atoms with Crippen molar-refractivity contribution in [3.05, 3.63) is 12.0 Å². The first-order valence-electron chi connectivity index (χ1n) is 5.12. The maximum atomic E-state index is 9.18.